The number of hydrogen-bond acceptors (Lipinski definition) is 6. The smallest absolute Gasteiger partial charge is 0.264 e. The van der Waals surface area contributed by atoms with Crippen LogP contribution in [0.4, 0.5) is 0 Å². The molecule has 1 aliphatic heterocycles. The second-order valence-corrected chi connectivity index (χ2v) is 9.83. The monoisotopic (exact) mass is 419 g/mol. The number of nitrogens with one attached hydrogen (secondary N) is 1. The number of carbonyl (C=O) groups excluding carboxylic acids is 1. The van der Waals surface area contributed by atoms with Gasteiger partial charge >= 0.3 is 0 Å². The van der Waals surface area contributed by atoms with Gasteiger partial charge in [0, 0.05) is 36.8 Å². The number of fused-ring (bicyclic) bond motifs is 1. The Morgan fingerprint density at radius 2 is 2.28 bits per heavy atom. The number of nitrogens with zero attached hydrogens (tertiary/aromatic N) is 2. The summed E-state index contributed by atoms with van der Waals surface area (Å²) in [5.41, 5.74) is 3.83. The number of aryl methyl sites for hydroxylation is 1. The van der Waals surface area contributed by atoms with E-state index in [0.717, 1.165) is 35.6 Å². The molecule has 0 bridgehead atoms. The van der Waals surface area contributed by atoms with Gasteiger partial charge in [0.25, 0.3) is 5.91 Å². The summed E-state index contributed by atoms with van der Waals surface area (Å²) in [5.74, 6) is 1.85. The largest absolute Gasteiger partial charge is 0.350 e. The zero-order valence-corrected chi connectivity index (χ0v) is 17.4. The Morgan fingerprint density at radius 3 is 2.93 bits per heavy atom. The molecule has 0 saturated carbocycles. The minimum Gasteiger partial charge on any atom is -0.350 e. The van der Waals surface area contributed by atoms with E-state index < -0.39 is 26.8 Å². The molecule has 9 heteroatoms. The molecule has 1 aliphatic rings. The highest BCUT2D eigenvalue weighted by Gasteiger charge is 2.44. The van der Waals surface area contributed by atoms with Gasteiger partial charge in [-0.15, -0.1) is 6.42 Å². The fourth-order valence-electron chi connectivity index (χ4n) is 3.17. The van der Waals surface area contributed by atoms with Crippen molar-refractivity contribution < 1.29 is 22.8 Å². The van der Waals surface area contributed by atoms with E-state index in [4.69, 9.17) is 16.0 Å². The summed E-state index contributed by atoms with van der Waals surface area (Å²) in [6.45, 7) is 2.18. The van der Waals surface area contributed by atoms with Crippen LogP contribution in [-0.4, -0.2) is 48.0 Å². The summed E-state index contributed by atoms with van der Waals surface area (Å²) in [4.78, 5) is 18.0. The molecule has 156 valence electrons. The van der Waals surface area contributed by atoms with E-state index in [1.165, 1.54) is 6.92 Å². The Kier molecular flexibility index (Phi) is 6.27. The topological polar surface area (TPSA) is 99.5 Å². The Hall–Kier alpha value is -2.41. The quantitative estimate of drug-likeness (QED) is 0.543. The number of carbonyl (C=O) groups is 1. The normalized spacial score (nSPS) is 19.4. The van der Waals surface area contributed by atoms with Gasteiger partial charge in [-0.2, -0.15) is 5.10 Å². The minimum atomic E-state index is -3.73. The van der Waals surface area contributed by atoms with Crippen molar-refractivity contribution in [2.75, 3.05) is 12.9 Å². The highest BCUT2D eigenvalue weighted by atomic mass is 32.2. The Balaban J connectivity index is 1.73. The van der Waals surface area contributed by atoms with E-state index in [-0.39, 0.29) is 13.0 Å². The van der Waals surface area contributed by atoms with Gasteiger partial charge < -0.3 is 4.74 Å². The van der Waals surface area contributed by atoms with Crippen molar-refractivity contribution in [3.05, 3.63) is 30.0 Å². The number of hydroxylamine groups is 1. The zero-order valence-electron chi connectivity index (χ0n) is 16.6. The molecule has 0 spiro atoms. The fraction of sp³-hybridized carbons (Fsp3) is 0.500. The molecule has 1 fully saturated rings. The van der Waals surface area contributed by atoms with E-state index in [0.29, 0.717) is 13.0 Å². The van der Waals surface area contributed by atoms with E-state index in [9.17, 15) is 13.2 Å². The number of hydrogen-bond donors (Lipinski definition) is 1. The predicted molar refractivity (Wildman–Crippen MR) is 108 cm³/mol. The van der Waals surface area contributed by atoms with Gasteiger partial charge in [-0.3, -0.25) is 9.48 Å². The second-order valence-electron chi connectivity index (χ2n) is 7.38. The highest BCUT2D eigenvalue weighted by molar-refractivity contribution is 7.92. The first-order chi connectivity index (χ1) is 13.7. The Morgan fingerprint density at radius 1 is 1.48 bits per heavy atom. The number of benzene rings is 1. The molecule has 1 aromatic carbocycles. The minimum absolute atomic E-state index is 0.0280. The molecule has 2 unspecified atom stereocenters. The van der Waals surface area contributed by atoms with Gasteiger partial charge in [-0.05, 0) is 44.4 Å². The van der Waals surface area contributed by atoms with Crippen LogP contribution in [0.2, 0.25) is 0 Å². The molecule has 1 saturated heterocycles. The summed E-state index contributed by atoms with van der Waals surface area (Å²) >= 11 is 0. The molecule has 1 aromatic heterocycles. The Labute approximate surface area is 170 Å². The zero-order chi connectivity index (χ0) is 21.1. The summed E-state index contributed by atoms with van der Waals surface area (Å²) in [7, 11) is -3.73. The van der Waals surface area contributed by atoms with Crippen LogP contribution in [-0.2, 0) is 30.8 Å². The number of ether oxygens (including phenoxy) is 1. The van der Waals surface area contributed by atoms with Gasteiger partial charge in [0.05, 0.1) is 11.7 Å². The first kappa shape index (κ1) is 21.3. The molecule has 0 radical (unpaired) electrons. The summed E-state index contributed by atoms with van der Waals surface area (Å²) in [6.07, 6.45) is 10.1. The van der Waals surface area contributed by atoms with E-state index in [2.05, 4.69) is 16.5 Å². The van der Waals surface area contributed by atoms with Crippen LogP contribution < -0.4 is 5.48 Å². The molecular formula is C20H25N3O5S. The molecular weight excluding hydrogens is 394 g/mol. The van der Waals surface area contributed by atoms with Crippen LogP contribution in [0.25, 0.3) is 10.9 Å². The Bertz CT molecular complexity index is 1030. The molecule has 0 aliphatic carbocycles. The third-order valence-electron chi connectivity index (χ3n) is 5.33. The number of aromatic nitrogens is 2. The molecule has 3 rings (SSSR count). The fourth-order valence-corrected chi connectivity index (χ4v) is 4.01. The lowest BCUT2D eigenvalue weighted by Gasteiger charge is -2.28. The average molecular weight is 420 g/mol. The number of rotatable bonds is 7. The maximum absolute atomic E-state index is 12.7. The molecule has 1 N–H and O–H groups in total. The standard InChI is InChI=1S/C20H25N3O5S/c1-4-15-8-9-17-16(13-15)14-21-23(17)11-10-20(2,29(3,25)26)19(24)22-28-18-7-5-6-12-27-18/h1,8-9,13-14,18H,5-7,10-12H2,2-3H3,(H,22,24). The number of sulfone groups is 1. The van der Waals surface area contributed by atoms with Gasteiger partial charge in [0.1, 0.15) is 0 Å². The predicted octanol–water partition coefficient (Wildman–Crippen LogP) is 1.79. The van der Waals surface area contributed by atoms with Crippen LogP contribution in [0, 0.1) is 12.3 Å². The van der Waals surface area contributed by atoms with Gasteiger partial charge in [-0.1, -0.05) is 5.92 Å². The van der Waals surface area contributed by atoms with Crippen LogP contribution in [0.5, 0.6) is 0 Å². The molecule has 2 aromatic rings. The van der Waals surface area contributed by atoms with Gasteiger partial charge in [0.2, 0.25) is 0 Å². The average Bonchev–Trinajstić information content (AvgIpc) is 3.12. The molecule has 2 atom stereocenters. The van der Waals surface area contributed by atoms with Crippen molar-refractivity contribution in [3.8, 4) is 12.3 Å². The van der Waals surface area contributed by atoms with Crippen LogP contribution in [0.3, 0.4) is 0 Å². The number of terminal acetylenes is 1. The van der Waals surface area contributed by atoms with Crippen molar-refractivity contribution in [3.63, 3.8) is 0 Å². The van der Waals surface area contributed by atoms with Crippen molar-refractivity contribution in [2.24, 2.45) is 0 Å². The third-order valence-corrected chi connectivity index (χ3v) is 7.36. The first-order valence-corrected chi connectivity index (χ1v) is 11.3. The van der Waals surface area contributed by atoms with Crippen molar-refractivity contribution in [1.82, 2.24) is 15.3 Å². The lowest BCUT2D eigenvalue weighted by molar-refractivity contribution is -0.201. The molecule has 1 amide bonds. The lowest BCUT2D eigenvalue weighted by atomic mass is 10.1. The van der Waals surface area contributed by atoms with E-state index in [1.54, 1.807) is 16.9 Å². The van der Waals surface area contributed by atoms with E-state index >= 15 is 0 Å². The molecule has 29 heavy (non-hydrogen) atoms. The van der Waals surface area contributed by atoms with Crippen LogP contribution in [0.1, 0.15) is 38.2 Å². The van der Waals surface area contributed by atoms with Gasteiger partial charge in [0.15, 0.2) is 20.9 Å². The number of amides is 1. The highest BCUT2D eigenvalue weighted by Crippen LogP contribution is 2.24. The van der Waals surface area contributed by atoms with Crippen molar-refractivity contribution in [2.45, 2.75) is 50.2 Å². The summed E-state index contributed by atoms with van der Waals surface area (Å²) in [6, 6.07) is 5.46. The molecule has 8 nitrogen and oxygen atoms in total. The SMILES string of the molecule is C#Cc1ccc2c(cnn2CCC(C)(C(=O)NOC2CCCCO2)S(C)(=O)=O)c1. The molecule has 2 heterocycles. The lowest BCUT2D eigenvalue weighted by Crippen LogP contribution is -2.51. The van der Waals surface area contributed by atoms with Crippen LogP contribution >= 0.6 is 0 Å². The van der Waals surface area contributed by atoms with Crippen molar-refractivity contribution >= 4 is 26.6 Å². The maximum atomic E-state index is 12.7. The van der Waals surface area contributed by atoms with E-state index in [1.807, 2.05) is 12.1 Å². The van der Waals surface area contributed by atoms with Gasteiger partial charge in [-0.25, -0.2) is 18.7 Å². The van der Waals surface area contributed by atoms with Crippen molar-refractivity contribution in [1.29, 1.82) is 0 Å². The maximum Gasteiger partial charge on any atom is 0.264 e. The summed E-state index contributed by atoms with van der Waals surface area (Å²) < 4.78 is 30.3. The third kappa shape index (κ3) is 4.61. The summed E-state index contributed by atoms with van der Waals surface area (Å²) in [5, 5.41) is 5.16. The first-order valence-electron chi connectivity index (χ1n) is 9.44. The van der Waals surface area contributed by atoms with Crippen LogP contribution in [0.15, 0.2) is 24.4 Å². The second kappa shape index (κ2) is 8.53.